The molecule has 1 atom stereocenters. The van der Waals surface area contributed by atoms with Crippen LogP contribution in [0.1, 0.15) is 17.5 Å². The van der Waals surface area contributed by atoms with Gasteiger partial charge in [0.15, 0.2) is 4.67 Å². The molecule has 1 N–H and O–H groups in total. The van der Waals surface area contributed by atoms with Gasteiger partial charge in [0.2, 0.25) is 0 Å². The highest BCUT2D eigenvalue weighted by Crippen LogP contribution is 2.27. The van der Waals surface area contributed by atoms with Crippen molar-refractivity contribution in [1.82, 2.24) is 15.1 Å². The van der Waals surface area contributed by atoms with Gasteiger partial charge in [-0.25, -0.2) is 4.68 Å². The average Bonchev–Trinajstić information content (AvgIpc) is 3.11. The summed E-state index contributed by atoms with van der Waals surface area (Å²) in [5.74, 6) is 0.844. The van der Waals surface area contributed by atoms with Gasteiger partial charge in [-0.1, -0.05) is 18.2 Å². The summed E-state index contributed by atoms with van der Waals surface area (Å²) >= 11 is 3.34. The third-order valence-electron chi connectivity index (χ3n) is 3.14. The van der Waals surface area contributed by atoms with Crippen LogP contribution in [0.3, 0.4) is 0 Å². The third kappa shape index (κ3) is 2.42. The van der Waals surface area contributed by atoms with E-state index in [9.17, 15) is 0 Å². The quantitative estimate of drug-likeness (QED) is 0.795. The molecule has 2 heterocycles. The van der Waals surface area contributed by atoms with Crippen LogP contribution in [0.2, 0.25) is 0 Å². The number of rotatable bonds is 4. The summed E-state index contributed by atoms with van der Waals surface area (Å²) in [6.45, 7) is 0. The number of aromatic nitrogens is 2. The maximum Gasteiger partial charge on any atom is 0.169 e. The van der Waals surface area contributed by atoms with Crippen LogP contribution in [-0.4, -0.2) is 16.8 Å². The van der Waals surface area contributed by atoms with Crippen LogP contribution in [-0.2, 0) is 0 Å². The second-order valence-electron chi connectivity index (χ2n) is 4.37. The van der Waals surface area contributed by atoms with Gasteiger partial charge >= 0.3 is 0 Å². The minimum absolute atomic E-state index is 0.0518. The molecule has 102 valence electrons. The Labute approximate surface area is 125 Å². The predicted octanol–water partition coefficient (Wildman–Crippen LogP) is 3.54. The Morgan fingerprint density at radius 3 is 2.60 bits per heavy atom. The molecule has 3 aromatic rings. The van der Waals surface area contributed by atoms with Crippen molar-refractivity contribution in [1.29, 1.82) is 0 Å². The Kier molecular flexibility index (Phi) is 3.71. The second kappa shape index (κ2) is 5.64. The molecule has 1 aromatic carbocycles. The third-order valence-corrected chi connectivity index (χ3v) is 3.56. The van der Waals surface area contributed by atoms with Gasteiger partial charge in [0, 0.05) is 6.20 Å². The molecule has 0 aliphatic rings. The summed E-state index contributed by atoms with van der Waals surface area (Å²) in [5, 5.41) is 7.68. The lowest BCUT2D eigenvalue weighted by atomic mass is 10.1. The predicted molar refractivity (Wildman–Crippen MR) is 80.9 cm³/mol. The van der Waals surface area contributed by atoms with Crippen molar-refractivity contribution < 1.29 is 4.42 Å². The summed E-state index contributed by atoms with van der Waals surface area (Å²) < 4.78 is 8.30. The van der Waals surface area contributed by atoms with Crippen LogP contribution < -0.4 is 5.32 Å². The fourth-order valence-corrected chi connectivity index (χ4v) is 2.56. The lowest BCUT2D eigenvalue weighted by Crippen LogP contribution is -2.20. The minimum Gasteiger partial charge on any atom is -0.452 e. The number of hydrogen-bond donors (Lipinski definition) is 1. The first kappa shape index (κ1) is 13.1. The standard InChI is InChI=1S/C15H14BrN3O/c1-17-15(13-7-8-14(16)20-13)12-9-10-18-19(12)11-5-3-2-4-6-11/h2-10,15,17H,1H3. The van der Waals surface area contributed by atoms with Crippen molar-refractivity contribution in [3.8, 4) is 5.69 Å². The van der Waals surface area contributed by atoms with E-state index in [2.05, 4.69) is 26.3 Å². The highest BCUT2D eigenvalue weighted by atomic mass is 79.9. The lowest BCUT2D eigenvalue weighted by Gasteiger charge is -2.16. The number of para-hydroxylation sites is 1. The van der Waals surface area contributed by atoms with Crippen molar-refractivity contribution in [2.45, 2.75) is 6.04 Å². The number of halogens is 1. The zero-order valence-electron chi connectivity index (χ0n) is 11.0. The Hall–Kier alpha value is -1.85. The number of furan rings is 1. The highest BCUT2D eigenvalue weighted by Gasteiger charge is 2.20. The van der Waals surface area contributed by atoms with E-state index in [-0.39, 0.29) is 6.04 Å². The van der Waals surface area contributed by atoms with E-state index >= 15 is 0 Å². The summed E-state index contributed by atoms with van der Waals surface area (Å²) in [5.41, 5.74) is 2.05. The molecule has 0 bridgehead atoms. The largest absolute Gasteiger partial charge is 0.452 e. The van der Waals surface area contributed by atoms with Crippen LogP contribution in [0.4, 0.5) is 0 Å². The number of hydrogen-bond acceptors (Lipinski definition) is 3. The summed E-state index contributed by atoms with van der Waals surface area (Å²) in [7, 11) is 1.91. The Morgan fingerprint density at radius 2 is 1.95 bits per heavy atom. The molecule has 0 saturated heterocycles. The molecule has 20 heavy (non-hydrogen) atoms. The van der Waals surface area contributed by atoms with E-state index in [1.807, 2.05) is 60.3 Å². The first-order valence-corrected chi connectivity index (χ1v) is 7.11. The van der Waals surface area contributed by atoms with E-state index < -0.39 is 0 Å². The van der Waals surface area contributed by atoms with Gasteiger partial charge in [0.05, 0.1) is 11.4 Å². The summed E-state index contributed by atoms with van der Waals surface area (Å²) in [6.07, 6.45) is 1.80. The maximum atomic E-state index is 5.66. The number of benzene rings is 1. The smallest absolute Gasteiger partial charge is 0.169 e. The molecular formula is C15H14BrN3O. The molecule has 5 heteroatoms. The van der Waals surface area contributed by atoms with Crippen LogP contribution in [0, 0.1) is 0 Å². The Balaban J connectivity index is 2.04. The minimum atomic E-state index is -0.0518. The average molecular weight is 332 g/mol. The molecule has 2 aromatic heterocycles. The second-order valence-corrected chi connectivity index (χ2v) is 5.15. The van der Waals surface area contributed by atoms with Gasteiger partial charge < -0.3 is 9.73 Å². The molecule has 1 unspecified atom stereocenters. The first-order chi connectivity index (χ1) is 9.79. The monoisotopic (exact) mass is 331 g/mol. The molecular weight excluding hydrogens is 318 g/mol. The maximum absolute atomic E-state index is 5.66. The van der Waals surface area contributed by atoms with Crippen LogP contribution in [0.5, 0.6) is 0 Å². The molecule has 0 amide bonds. The van der Waals surface area contributed by atoms with E-state index in [0.29, 0.717) is 0 Å². The van der Waals surface area contributed by atoms with Gasteiger partial charge in [-0.2, -0.15) is 5.10 Å². The van der Waals surface area contributed by atoms with Crippen LogP contribution in [0.25, 0.3) is 5.69 Å². The summed E-state index contributed by atoms with van der Waals surface area (Å²) in [6, 6.07) is 15.8. The number of nitrogens with zero attached hydrogens (tertiary/aromatic N) is 2. The summed E-state index contributed by atoms with van der Waals surface area (Å²) in [4.78, 5) is 0. The molecule has 3 rings (SSSR count). The van der Waals surface area contributed by atoms with Crippen molar-refractivity contribution in [3.05, 3.63) is 70.9 Å². The van der Waals surface area contributed by atoms with Crippen LogP contribution >= 0.6 is 15.9 Å². The van der Waals surface area contributed by atoms with Gasteiger partial charge in [-0.3, -0.25) is 0 Å². The number of nitrogens with one attached hydrogen (secondary N) is 1. The molecule has 0 aliphatic carbocycles. The fourth-order valence-electron chi connectivity index (χ4n) is 2.24. The molecule has 0 fully saturated rings. The normalized spacial score (nSPS) is 12.5. The zero-order chi connectivity index (χ0) is 13.9. The van der Waals surface area contributed by atoms with Crippen molar-refractivity contribution in [2.24, 2.45) is 0 Å². The lowest BCUT2D eigenvalue weighted by molar-refractivity contribution is 0.439. The van der Waals surface area contributed by atoms with E-state index in [0.717, 1.165) is 21.8 Å². The van der Waals surface area contributed by atoms with Gasteiger partial charge in [0.1, 0.15) is 11.8 Å². The van der Waals surface area contributed by atoms with E-state index in [1.54, 1.807) is 6.20 Å². The van der Waals surface area contributed by atoms with Crippen LogP contribution in [0.15, 0.2) is 63.8 Å². The highest BCUT2D eigenvalue weighted by molar-refractivity contribution is 9.10. The molecule has 0 aliphatic heterocycles. The molecule has 0 saturated carbocycles. The van der Waals surface area contributed by atoms with Gasteiger partial charge in [-0.05, 0) is 53.3 Å². The zero-order valence-corrected chi connectivity index (χ0v) is 12.5. The van der Waals surface area contributed by atoms with Crippen molar-refractivity contribution >= 4 is 15.9 Å². The van der Waals surface area contributed by atoms with Crippen molar-refractivity contribution in [2.75, 3.05) is 7.05 Å². The Morgan fingerprint density at radius 1 is 1.15 bits per heavy atom. The van der Waals surface area contributed by atoms with Crippen molar-refractivity contribution in [3.63, 3.8) is 0 Å². The van der Waals surface area contributed by atoms with E-state index in [4.69, 9.17) is 4.42 Å². The molecule has 0 spiro atoms. The topological polar surface area (TPSA) is 43.0 Å². The molecule has 4 nitrogen and oxygen atoms in total. The Bertz CT molecular complexity index is 690. The first-order valence-electron chi connectivity index (χ1n) is 6.31. The SMILES string of the molecule is CNC(c1ccc(Br)o1)c1ccnn1-c1ccccc1. The van der Waals surface area contributed by atoms with Gasteiger partial charge in [0.25, 0.3) is 0 Å². The van der Waals surface area contributed by atoms with E-state index in [1.165, 1.54) is 0 Å². The fraction of sp³-hybridized carbons (Fsp3) is 0.133. The van der Waals surface area contributed by atoms with Gasteiger partial charge in [-0.15, -0.1) is 0 Å². The molecule has 0 radical (unpaired) electrons.